The average molecular weight is 312 g/mol. The van der Waals surface area contributed by atoms with Gasteiger partial charge in [0.1, 0.15) is 5.76 Å². The Balaban J connectivity index is 1.57. The summed E-state index contributed by atoms with van der Waals surface area (Å²) >= 11 is 1.43. The highest BCUT2D eigenvalue weighted by atomic mass is 32.2. The van der Waals surface area contributed by atoms with E-state index in [2.05, 4.69) is 10.3 Å². The third kappa shape index (κ3) is 3.49. The van der Waals surface area contributed by atoms with Crippen molar-refractivity contribution >= 4 is 28.6 Å². The van der Waals surface area contributed by atoms with E-state index >= 15 is 0 Å². The second-order valence-electron chi connectivity index (χ2n) is 4.94. The van der Waals surface area contributed by atoms with Crippen molar-refractivity contribution in [2.24, 2.45) is 0 Å². The molecule has 2 aromatic heterocycles. The van der Waals surface area contributed by atoms with Crippen LogP contribution in [0.5, 0.6) is 0 Å². The Morgan fingerprint density at radius 3 is 2.91 bits per heavy atom. The van der Waals surface area contributed by atoms with E-state index in [0.717, 1.165) is 21.7 Å². The lowest BCUT2D eigenvalue weighted by Gasteiger charge is -2.11. The number of thioether (sulfide) groups is 1. The summed E-state index contributed by atoms with van der Waals surface area (Å²) in [5.74, 6) is 1.04. The zero-order valence-corrected chi connectivity index (χ0v) is 13.0. The quantitative estimate of drug-likeness (QED) is 0.728. The van der Waals surface area contributed by atoms with Crippen molar-refractivity contribution in [1.29, 1.82) is 0 Å². The lowest BCUT2D eigenvalue weighted by molar-refractivity contribution is -0.119. The van der Waals surface area contributed by atoms with Crippen LogP contribution in [0.1, 0.15) is 18.7 Å². The van der Waals surface area contributed by atoms with Crippen molar-refractivity contribution in [2.75, 3.05) is 5.75 Å². The number of nitrogens with one attached hydrogen (secondary N) is 1. The van der Waals surface area contributed by atoms with E-state index in [1.807, 2.05) is 55.5 Å². The molecule has 1 aromatic carbocycles. The Bertz CT molecular complexity index is 771. The molecule has 0 fully saturated rings. The molecule has 3 aromatic rings. The Morgan fingerprint density at radius 2 is 2.09 bits per heavy atom. The number of carbonyl (C=O) groups is 1. The van der Waals surface area contributed by atoms with Crippen molar-refractivity contribution in [3.05, 3.63) is 60.6 Å². The van der Waals surface area contributed by atoms with Crippen LogP contribution in [-0.2, 0) is 4.79 Å². The zero-order valence-electron chi connectivity index (χ0n) is 12.2. The molecule has 0 aliphatic carbocycles. The molecule has 0 spiro atoms. The molecule has 0 aliphatic heterocycles. The number of carbonyl (C=O) groups excluding carboxylic acids is 1. The maximum Gasteiger partial charge on any atom is 0.230 e. The Labute approximate surface area is 132 Å². The fraction of sp³-hybridized carbons (Fsp3) is 0.176. The van der Waals surface area contributed by atoms with Gasteiger partial charge in [0.05, 0.1) is 28.6 Å². The molecule has 112 valence electrons. The van der Waals surface area contributed by atoms with Gasteiger partial charge in [-0.1, -0.05) is 36.0 Å². The first kappa shape index (κ1) is 14.7. The molecular weight excluding hydrogens is 296 g/mol. The van der Waals surface area contributed by atoms with Gasteiger partial charge in [0, 0.05) is 5.39 Å². The van der Waals surface area contributed by atoms with Crippen molar-refractivity contribution in [2.45, 2.75) is 18.0 Å². The van der Waals surface area contributed by atoms with E-state index in [1.54, 1.807) is 6.26 Å². The number of hydrogen-bond donors (Lipinski definition) is 1. The normalized spacial score (nSPS) is 12.2. The Hall–Kier alpha value is -2.27. The molecular formula is C17H16N2O2S. The maximum atomic E-state index is 12.0. The summed E-state index contributed by atoms with van der Waals surface area (Å²) in [5, 5.41) is 4.85. The molecule has 0 saturated heterocycles. The number of furan rings is 1. The van der Waals surface area contributed by atoms with Crippen molar-refractivity contribution < 1.29 is 9.21 Å². The molecule has 3 rings (SSSR count). The summed E-state index contributed by atoms with van der Waals surface area (Å²) in [4.78, 5) is 16.5. The van der Waals surface area contributed by atoms with Crippen LogP contribution in [0.25, 0.3) is 10.9 Å². The van der Waals surface area contributed by atoms with E-state index in [9.17, 15) is 4.79 Å². The second kappa shape index (κ2) is 6.66. The fourth-order valence-electron chi connectivity index (χ4n) is 2.16. The van der Waals surface area contributed by atoms with Gasteiger partial charge in [-0.05, 0) is 31.2 Å². The van der Waals surface area contributed by atoms with E-state index in [0.29, 0.717) is 5.75 Å². The van der Waals surface area contributed by atoms with Gasteiger partial charge in [-0.25, -0.2) is 4.98 Å². The molecule has 0 radical (unpaired) electrons. The lowest BCUT2D eigenvalue weighted by atomic mass is 10.2. The molecule has 0 bridgehead atoms. The first-order valence-corrected chi connectivity index (χ1v) is 8.02. The van der Waals surface area contributed by atoms with E-state index in [1.165, 1.54) is 11.8 Å². The summed E-state index contributed by atoms with van der Waals surface area (Å²) in [5.41, 5.74) is 0.942. The third-order valence-electron chi connectivity index (χ3n) is 3.27. The minimum atomic E-state index is -0.132. The van der Waals surface area contributed by atoms with Gasteiger partial charge in [0.2, 0.25) is 5.91 Å². The number of aromatic nitrogens is 1. The predicted molar refractivity (Wildman–Crippen MR) is 87.7 cm³/mol. The molecule has 0 unspecified atom stereocenters. The lowest BCUT2D eigenvalue weighted by Crippen LogP contribution is -2.27. The number of para-hydroxylation sites is 1. The Kier molecular flexibility index (Phi) is 4.44. The van der Waals surface area contributed by atoms with E-state index < -0.39 is 0 Å². The molecule has 4 nitrogen and oxygen atoms in total. The van der Waals surface area contributed by atoms with Gasteiger partial charge in [0.25, 0.3) is 0 Å². The minimum Gasteiger partial charge on any atom is -0.467 e. The number of pyridine rings is 1. The SMILES string of the molecule is C[C@H](NC(=O)CSc1ccc2ccccc2n1)c1ccco1. The third-order valence-corrected chi connectivity index (χ3v) is 4.20. The number of fused-ring (bicyclic) bond motifs is 1. The summed E-state index contributed by atoms with van der Waals surface area (Å²) < 4.78 is 5.27. The number of hydrogen-bond acceptors (Lipinski definition) is 4. The second-order valence-corrected chi connectivity index (χ2v) is 5.93. The summed E-state index contributed by atoms with van der Waals surface area (Å²) in [6, 6.07) is 15.4. The molecule has 1 N–H and O–H groups in total. The molecule has 5 heteroatoms. The summed E-state index contributed by atoms with van der Waals surface area (Å²) in [7, 11) is 0. The molecule has 22 heavy (non-hydrogen) atoms. The standard InChI is InChI=1S/C17H16N2O2S/c1-12(15-7-4-10-21-15)18-16(20)11-22-17-9-8-13-5-2-3-6-14(13)19-17/h2-10,12H,11H2,1H3,(H,18,20)/t12-/m0/s1. The smallest absolute Gasteiger partial charge is 0.230 e. The fourth-order valence-corrected chi connectivity index (χ4v) is 2.85. The van der Waals surface area contributed by atoms with Crippen LogP contribution in [-0.4, -0.2) is 16.6 Å². The average Bonchev–Trinajstić information content (AvgIpc) is 3.07. The highest BCUT2D eigenvalue weighted by molar-refractivity contribution is 7.99. The van der Waals surface area contributed by atoms with Crippen LogP contribution in [0.15, 0.2) is 64.2 Å². The molecule has 0 saturated carbocycles. The number of amides is 1. The predicted octanol–water partition coefficient (Wildman–Crippen LogP) is 3.80. The molecule has 0 aliphatic rings. The van der Waals surface area contributed by atoms with Gasteiger partial charge < -0.3 is 9.73 Å². The minimum absolute atomic E-state index is 0.0381. The zero-order chi connectivity index (χ0) is 15.4. The van der Waals surface area contributed by atoms with E-state index in [4.69, 9.17) is 4.42 Å². The van der Waals surface area contributed by atoms with Crippen molar-refractivity contribution in [3.63, 3.8) is 0 Å². The largest absolute Gasteiger partial charge is 0.467 e. The first-order valence-electron chi connectivity index (χ1n) is 7.04. The van der Waals surface area contributed by atoms with Gasteiger partial charge in [0.15, 0.2) is 0 Å². The summed E-state index contributed by atoms with van der Waals surface area (Å²) in [6.45, 7) is 1.90. The van der Waals surface area contributed by atoms with Crippen LogP contribution in [0.2, 0.25) is 0 Å². The van der Waals surface area contributed by atoms with Crippen LogP contribution < -0.4 is 5.32 Å². The first-order chi connectivity index (χ1) is 10.7. The van der Waals surface area contributed by atoms with Crippen LogP contribution in [0.4, 0.5) is 0 Å². The topological polar surface area (TPSA) is 55.1 Å². The van der Waals surface area contributed by atoms with Gasteiger partial charge >= 0.3 is 0 Å². The van der Waals surface area contributed by atoms with Gasteiger partial charge in [-0.15, -0.1) is 0 Å². The maximum absolute atomic E-state index is 12.0. The summed E-state index contributed by atoms with van der Waals surface area (Å²) in [6.07, 6.45) is 1.60. The van der Waals surface area contributed by atoms with Crippen LogP contribution in [0, 0.1) is 0 Å². The van der Waals surface area contributed by atoms with Crippen LogP contribution in [0.3, 0.4) is 0 Å². The van der Waals surface area contributed by atoms with Crippen LogP contribution >= 0.6 is 11.8 Å². The number of rotatable bonds is 5. The highest BCUT2D eigenvalue weighted by Gasteiger charge is 2.12. The Morgan fingerprint density at radius 1 is 1.23 bits per heavy atom. The van der Waals surface area contributed by atoms with Crippen molar-refractivity contribution in [3.8, 4) is 0 Å². The highest BCUT2D eigenvalue weighted by Crippen LogP contribution is 2.20. The van der Waals surface area contributed by atoms with E-state index in [-0.39, 0.29) is 11.9 Å². The molecule has 1 atom stereocenters. The molecule has 1 amide bonds. The monoisotopic (exact) mass is 312 g/mol. The van der Waals surface area contributed by atoms with Gasteiger partial charge in [-0.2, -0.15) is 0 Å². The molecule has 2 heterocycles. The number of benzene rings is 1. The van der Waals surface area contributed by atoms with Gasteiger partial charge in [-0.3, -0.25) is 4.79 Å². The van der Waals surface area contributed by atoms with Crippen molar-refractivity contribution in [1.82, 2.24) is 10.3 Å². The number of nitrogens with zero attached hydrogens (tertiary/aromatic N) is 1.